The second-order valence-electron chi connectivity index (χ2n) is 6.14. The maximum absolute atomic E-state index is 12.3. The van der Waals surface area contributed by atoms with E-state index in [0.717, 1.165) is 11.3 Å². The third kappa shape index (κ3) is 5.90. The number of hydrogen-bond donors (Lipinski definition) is 2. The molecule has 4 rings (SSSR count). The van der Waals surface area contributed by atoms with Crippen LogP contribution in [0.1, 0.15) is 35.7 Å². The van der Waals surface area contributed by atoms with Crippen molar-refractivity contribution in [1.82, 2.24) is 15.6 Å². The fourth-order valence-corrected chi connectivity index (χ4v) is 3.72. The van der Waals surface area contributed by atoms with Gasteiger partial charge in [0.25, 0.3) is 11.8 Å². The van der Waals surface area contributed by atoms with E-state index in [-0.39, 0.29) is 11.8 Å². The number of rotatable bonds is 5. The van der Waals surface area contributed by atoms with Crippen molar-refractivity contribution in [1.29, 1.82) is 0 Å². The highest BCUT2D eigenvalue weighted by molar-refractivity contribution is 8.26. The summed E-state index contributed by atoms with van der Waals surface area (Å²) in [6.07, 6.45) is 3.35. The Labute approximate surface area is 190 Å². The summed E-state index contributed by atoms with van der Waals surface area (Å²) in [6.45, 7) is 4.37. The van der Waals surface area contributed by atoms with Gasteiger partial charge in [-0.1, -0.05) is 56.0 Å². The molecule has 2 N–H and O–H groups in total. The number of nitrogens with zero attached hydrogens (tertiary/aromatic N) is 1. The fourth-order valence-electron chi connectivity index (χ4n) is 2.70. The molecule has 0 unspecified atom stereocenters. The number of aromatic nitrogens is 1. The smallest absolute Gasteiger partial charge is 0.263 e. The first-order valence-electron chi connectivity index (χ1n) is 9.72. The quantitative estimate of drug-likeness (QED) is 0.429. The maximum atomic E-state index is 12.3. The van der Waals surface area contributed by atoms with Crippen LogP contribution in [0.15, 0.2) is 70.1 Å². The molecule has 0 radical (unpaired) electrons. The number of carbonyl (C=O) groups excluding carboxylic acids is 2. The molecule has 1 aliphatic heterocycles. The monoisotopic (exact) mass is 451 g/mol. The van der Waals surface area contributed by atoms with E-state index in [9.17, 15) is 9.59 Å². The van der Waals surface area contributed by atoms with Crippen LogP contribution in [0.5, 0.6) is 0 Å². The molecule has 0 spiro atoms. The molecule has 0 saturated carbocycles. The van der Waals surface area contributed by atoms with Gasteiger partial charge in [0.2, 0.25) is 0 Å². The highest BCUT2D eigenvalue weighted by Gasteiger charge is 2.22. The number of benzene rings is 1. The molecule has 3 heterocycles. The van der Waals surface area contributed by atoms with Crippen LogP contribution < -0.4 is 10.6 Å². The average Bonchev–Trinajstić information content (AvgIpc) is 3.40. The van der Waals surface area contributed by atoms with Gasteiger partial charge in [0, 0.05) is 23.4 Å². The van der Waals surface area contributed by atoms with Crippen molar-refractivity contribution in [3.05, 3.63) is 82.7 Å². The molecule has 1 fully saturated rings. The summed E-state index contributed by atoms with van der Waals surface area (Å²) in [4.78, 5) is 28.7. The predicted molar refractivity (Wildman–Crippen MR) is 127 cm³/mol. The molecule has 0 aliphatic carbocycles. The van der Waals surface area contributed by atoms with Crippen molar-refractivity contribution in [3.63, 3.8) is 0 Å². The normalized spacial score (nSPS) is 14.1. The lowest BCUT2D eigenvalue weighted by molar-refractivity contribution is -0.115. The van der Waals surface area contributed by atoms with E-state index < -0.39 is 0 Å². The zero-order chi connectivity index (χ0) is 22.2. The van der Waals surface area contributed by atoms with E-state index in [4.69, 9.17) is 16.6 Å². The van der Waals surface area contributed by atoms with Gasteiger partial charge in [-0.2, -0.15) is 0 Å². The third-order valence-electron chi connectivity index (χ3n) is 4.13. The van der Waals surface area contributed by atoms with Crippen LogP contribution in [0.4, 0.5) is 0 Å². The van der Waals surface area contributed by atoms with Crippen LogP contribution >= 0.6 is 24.0 Å². The van der Waals surface area contributed by atoms with Crippen molar-refractivity contribution in [2.45, 2.75) is 20.4 Å². The lowest BCUT2D eigenvalue weighted by Crippen LogP contribution is -2.23. The molecule has 0 atom stereocenters. The van der Waals surface area contributed by atoms with E-state index in [1.54, 1.807) is 30.5 Å². The number of nitrogens with one attached hydrogen (secondary N) is 2. The number of hydrogen-bond acceptors (Lipinski definition) is 6. The number of thioether (sulfide) groups is 1. The number of amides is 2. The molecule has 2 aromatic heterocycles. The molecule has 31 heavy (non-hydrogen) atoms. The first-order chi connectivity index (χ1) is 15.1. The van der Waals surface area contributed by atoms with Gasteiger partial charge in [0.05, 0.1) is 17.1 Å². The third-order valence-corrected chi connectivity index (χ3v) is 5.29. The topological polar surface area (TPSA) is 84.2 Å². The molecule has 1 saturated heterocycles. The lowest BCUT2D eigenvalue weighted by atomic mass is 10.1. The number of furan rings is 1. The molecular formula is C23H21N3O3S2. The van der Waals surface area contributed by atoms with Crippen molar-refractivity contribution in [2.75, 3.05) is 0 Å². The maximum Gasteiger partial charge on any atom is 0.263 e. The van der Waals surface area contributed by atoms with Gasteiger partial charge in [-0.05, 0) is 36.4 Å². The lowest BCUT2D eigenvalue weighted by Gasteiger charge is -2.05. The van der Waals surface area contributed by atoms with Gasteiger partial charge in [-0.3, -0.25) is 14.6 Å². The second-order valence-corrected chi connectivity index (χ2v) is 7.85. The van der Waals surface area contributed by atoms with E-state index >= 15 is 0 Å². The van der Waals surface area contributed by atoms with Crippen LogP contribution in [-0.2, 0) is 11.3 Å². The minimum atomic E-state index is -0.223. The fraction of sp³-hybridized carbons (Fsp3) is 0.130. The minimum absolute atomic E-state index is 0.174. The van der Waals surface area contributed by atoms with Crippen molar-refractivity contribution in [3.8, 4) is 11.3 Å². The summed E-state index contributed by atoms with van der Waals surface area (Å²) in [5.41, 5.74) is 2.17. The number of carbonyl (C=O) groups is 2. The van der Waals surface area contributed by atoms with Crippen LogP contribution in [-0.4, -0.2) is 21.1 Å². The summed E-state index contributed by atoms with van der Waals surface area (Å²) in [6, 6.07) is 16.3. The highest BCUT2D eigenvalue weighted by Crippen LogP contribution is 2.28. The highest BCUT2D eigenvalue weighted by atomic mass is 32.2. The van der Waals surface area contributed by atoms with Gasteiger partial charge >= 0.3 is 0 Å². The Morgan fingerprint density at radius 3 is 2.58 bits per heavy atom. The second kappa shape index (κ2) is 10.7. The van der Waals surface area contributed by atoms with Crippen LogP contribution in [0, 0.1) is 0 Å². The van der Waals surface area contributed by atoms with Gasteiger partial charge in [0.15, 0.2) is 0 Å². The summed E-state index contributed by atoms with van der Waals surface area (Å²) >= 11 is 6.18. The molecule has 0 bridgehead atoms. The molecular weight excluding hydrogens is 430 g/mol. The predicted octanol–water partition coefficient (Wildman–Crippen LogP) is 4.79. The van der Waals surface area contributed by atoms with Crippen molar-refractivity contribution < 1.29 is 14.0 Å². The summed E-state index contributed by atoms with van der Waals surface area (Å²) in [5, 5.41) is 5.41. The number of pyridine rings is 1. The minimum Gasteiger partial charge on any atom is -0.457 e. The Morgan fingerprint density at radius 1 is 1.16 bits per heavy atom. The zero-order valence-electron chi connectivity index (χ0n) is 17.0. The van der Waals surface area contributed by atoms with E-state index in [1.807, 2.05) is 50.2 Å². The van der Waals surface area contributed by atoms with E-state index in [2.05, 4.69) is 15.6 Å². The first-order valence-corrected chi connectivity index (χ1v) is 10.9. The van der Waals surface area contributed by atoms with Gasteiger partial charge in [-0.15, -0.1) is 0 Å². The Bertz CT molecular complexity index is 1110. The molecule has 1 aromatic carbocycles. The Kier molecular flexibility index (Phi) is 7.75. The first kappa shape index (κ1) is 22.5. The summed E-state index contributed by atoms with van der Waals surface area (Å²) in [7, 11) is 0. The van der Waals surface area contributed by atoms with Gasteiger partial charge < -0.3 is 15.1 Å². The molecule has 3 aromatic rings. The van der Waals surface area contributed by atoms with Crippen LogP contribution in [0.2, 0.25) is 0 Å². The van der Waals surface area contributed by atoms with Gasteiger partial charge in [-0.25, -0.2) is 0 Å². The van der Waals surface area contributed by atoms with E-state index in [1.165, 1.54) is 11.8 Å². The van der Waals surface area contributed by atoms with Gasteiger partial charge in [0.1, 0.15) is 15.8 Å². The summed E-state index contributed by atoms with van der Waals surface area (Å²) < 4.78 is 6.23. The van der Waals surface area contributed by atoms with Crippen molar-refractivity contribution in [2.24, 2.45) is 0 Å². The standard InChI is InChI=1S/C21H15N3O3S2.C2H6/c25-19(23-12-15-3-1-2-10-22-15)14-6-4-13(5-7-14)17-9-8-16(27-17)11-18-20(26)24-21(28)29-18;1-2/h1-11H,12H2,(H,23,25)(H,24,26,28);1-2H3/b18-11-;. The Morgan fingerprint density at radius 2 is 1.94 bits per heavy atom. The van der Waals surface area contributed by atoms with Crippen molar-refractivity contribution >= 4 is 46.2 Å². The molecule has 8 heteroatoms. The summed E-state index contributed by atoms with van der Waals surface area (Å²) in [5.74, 6) is 0.800. The molecule has 1 aliphatic rings. The molecule has 2 amide bonds. The average molecular weight is 452 g/mol. The molecule has 158 valence electrons. The Hall–Kier alpha value is -3.23. The van der Waals surface area contributed by atoms with Crippen LogP contribution in [0.3, 0.4) is 0 Å². The largest absolute Gasteiger partial charge is 0.457 e. The Balaban J connectivity index is 0.00000132. The zero-order valence-corrected chi connectivity index (χ0v) is 18.7. The van der Waals surface area contributed by atoms with E-state index in [0.29, 0.717) is 32.9 Å². The SMILES string of the molecule is CC.O=C1NC(=S)S/C1=C\c1ccc(-c2ccc(C(=O)NCc3ccccn3)cc2)o1. The van der Waals surface area contributed by atoms with Crippen LogP contribution in [0.25, 0.3) is 17.4 Å². The molecule has 6 nitrogen and oxygen atoms in total. The number of thiocarbonyl (C=S) groups is 1.